The third-order valence-corrected chi connectivity index (χ3v) is 3.53. The zero-order valence-corrected chi connectivity index (χ0v) is 12.4. The van der Waals surface area contributed by atoms with Crippen molar-refractivity contribution in [1.29, 1.82) is 0 Å². The van der Waals surface area contributed by atoms with E-state index in [0.717, 1.165) is 22.0 Å². The lowest BCUT2D eigenvalue weighted by atomic mass is 10.2. The molecule has 1 aromatic carbocycles. The van der Waals surface area contributed by atoms with Gasteiger partial charge in [0.25, 0.3) is 0 Å². The highest BCUT2D eigenvalue weighted by molar-refractivity contribution is 7.13. The summed E-state index contributed by atoms with van der Waals surface area (Å²) in [6.07, 6.45) is 0.224. The summed E-state index contributed by atoms with van der Waals surface area (Å²) in [5, 5.41) is 2.79. The van der Waals surface area contributed by atoms with Crippen LogP contribution >= 0.6 is 11.3 Å². The molecule has 0 saturated carbocycles. The predicted molar refractivity (Wildman–Crippen MR) is 79.1 cm³/mol. The van der Waals surface area contributed by atoms with E-state index >= 15 is 0 Å². The first-order valence-electron chi connectivity index (χ1n) is 6.56. The van der Waals surface area contributed by atoms with Gasteiger partial charge in [0.1, 0.15) is 10.8 Å². The van der Waals surface area contributed by atoms with Crippen LogP contribution in [-0.2, 0) is 16.0 Å². The first-order chi connectivity index (χ1) is 9.72. The molecule has 0 aliphatic carbocycles. The lowest BCUT2D eigenvalue weighted by molar-refractivity contribution is -0.142. The molecule has 1 heterocycles. The normalized spacial score (nSPS) is 10.3. The van der Waals surface area contributed by atoms with Crippen LogP contribution in [0.25, 0.3) is 10.6 Å². The number of nitrogens with zero attached hydrogens (tertiary/aromatic N) is 1. The Hall–Kier alpha value is -1.88. The van der Waals surface area contributed by atoms with Crippen LogP contribution in [0.3, 0.4) is 0 Å². The van der Waals surface area contributed by atoms with Gasteiger partial charge in [0, 0.05) is 10.9 Å². The molecule has 0 aliphatic heterocycles. The van der Waals surface area contributed by atoms with Gasteiger partial charge in [-0.05, 0) is 38.1 Å². The Kier molecular flexibility index (Phi) is 5.12. The van der Waals surface area contributed by atoms with Crippen molar-refractivity contribution in [2.45, 2.75) is 20.3 Å². The number of esters is 1. The van der Waals surface area contributed by atoms with E-state index < -0.39 is 0 Å². The summed E-state index contributed by atoms with van der Waals surface area (Å²) in [6, 6.07) is 7.78. The van der Waals surface area contributed by atoms with Crippen LogP contribution in [0.4, 0.5) is 0 Å². The molecule has 0 bridgehead atoms. The minimum absolute atomic E-state index is 0.224. The minimum Gasteiger partial charge on any atom is -0.494 e. The maximum atomic E-state index is 11.4. The van der Waals surface area contributed by atoms with Gasteiger partial charge in [-0.3, -0.25) is 4.79 Å². The fourth-order valence-electron chi connectivity index (χ4n) is 1.74. The molecule has 4 nitrogen and oxygen atoms in total. The van der Waals surface area contributed by atoms with Crippen molar-refractivity contribution in [3.63, 3.8) is 0 Å². The van der Waals surface area contributed by atoms with Crippen molar-refractivity contribution in [3.8, 4) is 16.3 Å². The van der Waals surface area contributed by atoms with Crippen molar-refractivity contribution in [2.24, 2.45) is 0 Å². The summed E-state index contributed by atoms with van der Waals surface area (Å²) in [4.78, 5) is 15.9. The van der Waals surface area contributed by atoms with Crippen LogP contribution in [0.5, 0.6) is 5.75 Å². The highest BCUT2D eigenvalue weighted by Crippen LogP contribution is 2.26. The van der Waals surface area contributed by atoms with E-state index in [9.17, 15) is 4.79 Å². The van der Waals surface area contributed by atoms with Gasteiger partial charge in [0.15, 0.2) is 0 Å². The molecule has 1 aromatic heterocycles. The topological polar surface area (TPSA) is 48.4 Å². The third-order valence-electron chi connectivity index (χ3n) is 2.59. The summed E-state index contributed by atoms with van der Waals surface area (Å²) >= 11 is 1.52. The molecular weight excluding hydrogens is 274 g/mol. The fraction of sp³-hybridized carbons (Fsp3) is 0.333. The van der Waals surface area contributed by atoms with Crippen molar-refractivity contribution in [2.75, 3.05) is 13.2 Å². The monoisotopic (exact) mass is 291 g/mol. The molecule has 2 rings (SSSR count). The fourth-order valence-corrected chi connectivity index (χ4v) is 2.57. The smallest absolute Gasteiger partial charge is 0.311 e. The highest BCUT2D eigenvalue weighted by Gasteiger charge is 2.09. The molecule has 106 valence electrons. The summed E-state index contributed by atoms with van der Waals surface area (Å²) in [7, 11) is 0. The molecule has 0 saturated heterocycles. The van der Waals surface area contributed by atoms with E-state index in [4.69, 9.17) is 9.47 Å². The SMILES string of the molecule is CCOC(=O)Cc1csc(-c2ccc(OCC)cc2)n1. The molecule has 0 unspecified atom stereocenters. The van der Waals surface area contributed by atoms with Crippen molar-refractivity contribution >= 4 is 17.3 Å². The van der Waals surface area contributed by atoms with E-state index in [1.165, 1.54) is 11.3 Å². The number of hydrogen-bond donors (Lipinski definition) is 0. The van der Waals surface area contributed by atoms with Crippen LogP contribution in [0.2, 0.25) is 0 Å². The molecule has 5 heteroatoms. The molecule has 0 aliphatic rings. The average molecular weight is 291 g/mol. The van der Waals surface area contributed by atoms with Gasteiger partial charge in [0.2, 0.25) is 0 Å². The van der Waals surface area contributed by atoms with Crippen LogP contribution < -0.4 is 4.74 Å². The Morgan fingerprint density at radius 3 is 2.60 bits per heavy atom. The zero-order chi connectivity index (χ0) is 14.4. The molecule has 0 amide bonds. The lowest BCUT2D eigenvalue weighted by Gasteiger charge is -2.03. The number of carbonyl (C=O) groups is 1. The summed E-state index contributed by atoms with van der Waals surface area (Å²) in [6.45, 7) is 4.80. The van der Waals surface area contributed by atoms with Gasteiger partial charge in [0.05, 0.1) is 25.3 Å². The van der Waals surface area contributed by atoms with Gasteiger partial charge >= 0.3 is 5.97 Å². The van der Waals surface area contributed by atoms with Crippen LogP contribution in [-0.4, -0.2) is 24.2 Å². The van der Waals surface area contributed by atoms with Gasteiger partial charge in [-0.1, -0.05) is 0 Å². The first-order valence-corrected chi connectivity index (χ1v) is 7.44. The van der Waals surface area contributed by atoms with Gasteiger partial charge in [-0.2, -0.15) is 0 Å². The molecule has 2 aromatic rings. The number of aromatic nitrogens is 1. The largest absolute Gasteiger partial charge is 0.494 e. The summed E-state index contributed by atoms with van der Waals surface area (Å²) in [5.41, 5.74) is 1.77. The van der Waals surface area contributed by atoms with Gasteiger partial charge in [-0.15, -0.1) is 11.3 Å². The molecule has 0 N–H and O–H groups in total. The van der Waals surface area contributed by atoms with Crippen molar-refractivity contribution in [3.05, 3.63) is 35.3 Å². The average Bonchev–Trinajstić information content (AvgIpc) is 2.88. The van der Waals surface area contributed by atoms with E-state index in [1.807, 2.05) is 36.6 Å². The minimum atomic E-state index is -0.240. The summed E-state index contributed by atoms with van der Waals surface area (Å²) in [5.74, 6) is 0.607. The van der Waals surface area contributed by atoms with Gasteiger partial charge < -0.3 is 9.47 Å². The molecule has 0 spiro atoms. The number of carbonyl (C=O) groups excluding carboxylic acids is 1. The molecule has 0 atom stereocenters. The first kappa shape index (κ1) is 14.5. The quantitative estimate of drug-likeness (QED) is 0.766. The van der Waals surface area contributed by atoms with Crippen molar-refractivity contribution < 1.29 is 14.3 Å². The standard InChI is InChI=1S/C15H17NO3S/c1-3-18-13-7-5-11(6-8-13)15-16-12(10-20-15)9-14(17)19-4-2/h5-8,10H,3-4,9H2,1-2H3. The second kappa shape index (κ2) is 7.05. The number of thiazole rings is 1. The highest BCUT2D eigenvalue weighted by atomic mass is 32.1. The van der Waals surface area contributed by atoms with Crippen LogP contribution in [0.1, 0.15) is 19.5 Å². The zero-order valence-electron chi connectivity index (χ0n) is 11.6. The third kappa shape index (κ3) is 3.81. The van der Waals surface area contributed by atoms with E-state index in [-0.39, 0.29) is 12.4 Å². The lowest BCUT2D eigenvalue weighted by Crippen LogP contribution is -2.07. The van der Waals surface area contributed by atoms with Crippen molar-refractivity contribution in [1.82, 2.24) is 4.98 Å². The predicted octanol–water partition coefficient (Wildman–Crippen LogP) is 3.31. The second-order valence-electron chi connectivity index (χ2n) is 4.08. The Labute approximate surface area is 122 Å². The molecular formula is C15H17NO3S. The second-order valence-corrected chi connectivity index (χ2v) is 4.94. The van der Waals surface area contributed by atoms with Crippen LogP contribution in [0.15, 0.2) is 29.6 Å². The number of ether oxygens (including phenoxy) is 2. The molecule has 20 heavy (non-hydrogen) atoms. The van der Waals surface area contributed by atoms with E-state index in [2.05, 4.69) is 4.98 Å². The maximum Gasteiger partial charge on any atom is 0.311 e. The van der Waals surface area contributed by atoms with Crippen LogP contribution in [0, 0.1) is 0 Å². The molecule has 0 radical (unpaired) electrons. The van der Waals surface area contributed by atoms with E-state index in [1.54, 1.807) is 6.92 Å². The number of rotatable bonds is 6. The van der Waals surface area contributed by atoms with Gasteiger partial charge in [-0.25, -0.2) is 4.98 Å². The molecule has 0 fully saturated rings. The maximum absolute atomic E-state index is 11.4. The Morgan fingerprint density at radius 2 is 1.95 bits per heavy atom. The Morgan fingerprint density at radius 1 is 1.20 bits per heavy atom. The summed E-state index contributed by atoms with van der Waals surface area (Å²) < 4.78 is 10.3. The number of benzene rings is 1. The number of hydrogen-bond acceptors (Lipinski definition) is 5. The van der Waals surface area contributed by atoms with E-state index in [0.29, 0.717) is 13.2 Å². The Balaban J connectivity index is 2.06. The Bertz CT molecular complexity index is 563.